The maximum atomic E-state index is 12.0. The van der Waals surface area contributed by atoms with Crippen molar-refractivity contribution in [1.29, 1.82) is 0 Å². The normalized spacial score (nSPS) is 10.2. The van der Waals surface area contributed by atoms with Gasteiger partial charge in [-0.15, -0.1) is 10.2 Å². The summed E-state index contributed by atoms with van der Waals surface area (Å²) in [5.41, 5.74) is 1.69. The van der Waals surface area contributed by atoms with Crippen LogP contribution in [0.4, 0.5) is 16.5 Å². The zero-order valence-corrected chi connectivity index (χ0v) is 12.2. The molecule has 0 atom stereocenters. The van der Waals surface area contributed by atoms with Gasteiger partial charge in [0.1, 0.15) is 10.7 Å². The molecule has 1 aromatic carbocycles. The van der Waals surface area contributed by atoms with Gasteiger partial charge >= 0.3 is 0 Å². The van der Waals surface area contributed by atoms with Gasteiger partial charge in [-0.25, -0.2) is 0 Å². The van der Waals surface area contributed by atoms with Crippen LogP contribution in [-0.2, 0) is 0 Å². The van der Waals surface area contributed by atoms with Crippen molar-refractivity contribution in [2.45, 2.75) is 6.92 Å². The Balaban J connectivity index is 2.35. The summed E-state index contributed by atoms with van der Waals surface area (Å²) in [5, 5.41) is 21.9. The predicted octanol–water partition coefficient (Wildman–Crippen LogP) is 1.95. The number of halogens is 1. The van der Waals surface area contributed by atoms with Crippen molar-refractivity contribution in [2.24, 2.45) is 5.84 Å². The molecule has 0 saturated heterocycles. The van der Waals surface area contributed by atoms with E-state index in [9.17, 15) is 14.9 Å². The van der Waals surface area contributed by atoms with Gasteiger partial charge in [0.2, 0.25) is 5.13 Å². The van der Waals surface area contributed by atoms with Crippen molar-refractivity contribution < 1.29 is 9.72 Å². The smallest absolute Gasteiger partial charge is 0.295 e. The molecule has 0 saturated carbocycles. The number of carbonyl (C=O) groups excluding carboxylic acids is 1. The molecular formula is C10H9ClN6O3S. The number of aryl methyl sites for hydroxylation is 1. The molecule has 9 nitrogen and oxygen atoms in total. The van der Waals surface area contributed by atoms with Gasteiger partial charge in [-0.05, 0) is 13.0 Å². The molecule has 21 heavy (non-hydrogen) atoms. The summed E-state index contributed by atoms with van der Waals surface area (Å²) in [4.78, 5) is 22.3. The summed E-state index contributed by atoms with van der Waals surface area (Å²) in [5.74, 6) is 4.60. The molecule has 0 fully saturated rings. The van der Waals surface area contributed by atoms with Gasteiger partial charge in [-0.3, -0.25) is 26.1 Å². The quantitative estimate of drug-likeness (QED) is 0.443. The second-order valence-corrected chi connectivity index (χ2v) is 5.42. The first kappa shape index (κ1) is 15.1. The number of nitrogens with one attached hydrogen (secondary N) is 2. The van der Waals surface area contributed by atoms with E-state index in [2.05, 4.69) is 20.9 Å². The average Bonchev–Trinajstić information content (AvgIpc) is 2.82. The van der Waals surface area contributed by atoms with Crippen molar-refractivity contribution in [3.8, 4) is 0 Å². The molecule has 4 N–H and O–H groups in total. The fourth-order valence-corrected chi connectivity index (χ4v) is 2.38. The van der Waals surface area contributed by atoms with Crippen LogP contribution in [0.3, 0.4) is 0 Å². The monoisotopic (exact) mass is 328 g/mol. The Labute approximate surface area is 127 Å². The van der Waals surface area contributed by atoms with Gasteiger partial charge in [0, 0.05) is 11.6 Å². The molecule has 0 aliphatic heterocycles. The van der Waals surface area contributed by atoms with E-state index in [0.717, 1.165) is 6.07 Å². The Morgan fingerprint density at radius 2 is 2.19 bits per heavy atom. The molecule has 0 radical (unpaired) electrons. The van der Waals surface area contributed by atoms with Gasteiger partial charge in [0.25, 0.3) is 11.6 Å². The van der Waals surface area contributed by atoms with Crippen LogP contribution >= 0.6 is 22.9 Å². The van der Waals surface area contributed by atoms with E-state index in [1.54, 1.807) is 6.92 Å². The lowest BCUT2D eigenvalue weighted by molar-refractivity contribution is -0.384. The van der Waals surface area contributed by atoms with Crippen molar-refractivity contribution in [2.75, 3.05) is 10.7 Å². The summed E-state index contributed by atoms with van der Waals surface area (Å²) in [6.07, 6.45) is 0. The molecule has 2 rings (SSSR count). The maximum absolute atomic E-state index is 12.0. The van der Waals surface area contributed by atoms with Crippen molar-refractivity contribution >= 4 is 45.4 Å². The number of anilines is 2. The maximum Gasteiger partial charge on any atom is 0.295 e. The van der Waals surface area contributed by atoms with Crippen LogP contribution in [0.5, 0.6) is 0 Å². The van der Waals surface area contributed by atoms with E-state index in [-0.39, 0.29) is 21.4 Å². The van der Waals surface area contributed by atoms with Crippen molar-refractivity contribution in [3.63, 3.8) is 0 Å². The second-order valence-electron chi connectivity index (χ2n) is 3.83. The number of nitrogens with two attached hydrogens (primary N) is 1. The van der Waals surface area contributed by atoms with Crippen LogP contribution in [0.1, 0.15) is 15.4 Å². The molecule has 1 aromatic heterocycles. The number of hydrogen-bond donors (Lipinski definition) is 3. The van der Waals surface area contributed by atoms with E-state index < -0.39 is 16.5 Å². The fourth-order valence-electron chi connectivity index (χ4n) is 1.53. The van der Waals surface area contributed by atoms with Crippen LogP contribution in [0.2, 0.25) is 5.02 Å². The standard InChI is InChI=1S/C10H9ClN6O3S/c1-4-15-16-10(21-4)13-9(18)5-2-6(11)8(14-12)7(3-5)17(19)20/h2-3,14H,12H2,1H3,(H,13,16,18). The van der Waals surface area contributed by atoms with E-state index >= 15 is 0 Å². The SMILES string of the molecule is Cc1nnc(NC(=O)c2cc(Cl)c(NN)c([N+](=O)[O-])c2)s1. The molecule has 0 bridgehead atoms. The summed E-state index contributed by atoms with van der Waals surface area (Å²) in [6.45, 7) is 1.73. The van der Waals surface area contributed by atoms with E-state index in [0.29, 0.717) is 5.01 Å². The summed E-state index contributed by atoms with van der Waals surface area (Å²) >= 11 is 7.06. The number of rotatable bonds is 4. The highest BCUT2D eigenvalue weighted by Crippen LogP contribution is 2.33. The van der Waals surface area contributed by atoms with E-state index in [4.69, 9.17) is 17.4 Å². The number of hydrazine groups is 1. The topological polar surface area (TPSA) is 136 Å². The summed E-state index contributed by atoms with van der Waals surface area (Å²) in [7, 11) is 0. The minimum Gasteiger partial charge on any atom is -0.317 e. The van der Waals surface area contributed by atoms with Crippen LogP contribution in [-0.4, -0.2) is 21.0 Å². The predicted molar refractivity (Wildman–Crippen MR) is 78.5 cm³/mol. The minimum absolute atomic E-state index is 0.0125. The molecule has 0 aliphatic carbocycles. The third-order valence-corrected chi connectivity index (χ3v) is 3.47. The highest BCUT2D eigenvalue weighted by molar-refractivity contribution is 7.15. The molecular weight excluding hydrogens is 320 g/mol. The van der Waals surface area contributed by atoms with Crippen LogP contribution in [0, 0.1) is 17.0 Å². The fraction of sp³-hybridized carbons (Fsp3) is 0.100. The Morgan fingerprint density at radius 3 is 2.71 bits per heavy atom. The Morgan fingerprint density at radius 1 is 1.48 bits per heavy atom. The molecule has 0 unspecified atom stereocenters. The largest absolute Gasteiger partial charge is 0.317 e. The molecule has 0 aliphatic rings. The zero-order chi connectivity index (χ0) is 15.6. The number of nitro benzene ring substituents is 1. The number of hydrogen-bond acceptors (Lipinski definition) is 8. The Bertz CT molecular complexity index is 719. The second kappa shape index (κ2) is 5.99. The van der Waals surface area contributed by atoms with Crippen LogP contribution in [0.15, 0.2) is 12.1 Å². The Hall–Kier alpha value is -2.30. The van der Waals surface area contributed by atoms with Gasteiger partial charge < -0.3 is 5.43 Å². The van der Waals surface area contributed by atoms with Crippen molar-refractivity contribution in [3.05, 3.63) is 37.8 Å². The molecule has 1 amide bonds. The molecule has 110 valence electrons. The third kappa shape index (κ3) is 3.24. The van der Waals surface area contributed by atoms with Crippen molar-refractivity contribution in [1.82, 2.24) is 10.2 Å². The average molecular weight is 329 g/mol. The molecule has 0 spiro atoms. The number of aromatic nitrogens is 2. The number of benzene rings is 1. The number of nitrogens with zero attached hydrogens (tertiary/aromatic N) is 3. The van der Waals surface area contributed by atoms with Gasteiger partial charge in [0.15, 0.2) is 0 Å². The Kier molecular flexibility index (Phi) is 4.31. The van der Waals surface area contributed by atoms with Crippen LogP contribution in [0.25, 0.3) is 0 Å². The van der Waals surface area contributed by atoms with Gasteiger partial charge in [-0.2, -0.15) is 0 Å². The zero-order valence-electron chi connectivity index (χ0n) is 10.6. The first-order valence-corrected chi connectivity index (χ1v) is 6.68. The number of carbonyl (C=O) groups is 1. The molecule has 1 heterocycles. The first-order chi connectivity index (χ1) is 9.92. The van der Waals surface area contributed by atoms with Gasteiger partial charge in [-0.1, -0.05) is 22.9 Å². The van der Waals surface area contributed by atoms with Gasteiger partial charge in [0.05, 0.1) is 9.95 Å². The lowest BCUT2D eigenvalue weighted by Crippen LogP contribution is -2.14. The lowest BCUT2D eigenvalue weighted by atomic mass is 10.1. The van der Waals surface area contributed by atoms with Crippen LogP contribution < -0.4 is 16.6 Å². The molecule has 2 aromatic rings. The highest BCUT2D eigenvalue weighted by atomic mass is 35.5. The highest BCUT2D eigenvalue weighted by Gasteiger charge is 2.21. The number of amides is 1. The number of nitrogen functional groups attached to an aromatic ring is 1. The van der Waals surface area contributed by atoms with E-state index in [1.807, 2.05) is 0 Å². The minimum atomic E-state index is -0.688. The number of nitro groups is 1. The molecule has 11 heteroatoms. The third-order valence-electron chi connectivity index (χ3n) is 2.42. The summed E-state index contributed by atoms with van der Waals surface area (Å²) < 4.78 is 0. The summed E-state index contributed by atoms with van der Waals surface area (Å²) in [6, 6.07) is 2.34. The first-order valence-electron chi connectivity index (χ1n) is 5.48. The lowest BCUT2D eigenvalue weighted by Gasteiger charge is -2.07. The van der Waals surface area contributed by atoms with E-state index in [1.165, 1.54) is 17.4 Å².